The smallest absolute Gasteiger partial charge is 0.337 e. The molecule has 0 aliphatic carbocycles. The van der Waals surface area contributed by atoms with Gasteiger partial charge in [0, 0.05) is 45.6 Å². The Labute approximate surface area is 132 Å². The molecular formula is C16H19F3N4. The third-order valence-corrected chi connectivity index (χ3v) is 4.21. The van der Waals surface area contributed by atoms with Gasteiger partial charge in [-0.3, -0.25) is 4.90 Å². The highest BCUT2D eigenvalue weighted by Gasteiger charge is 2.34. The topological polar surface area (TPSA) is 33.1 Å². The summed E-state index contributed by atoms with van der Waals surface area (Å²) in [6.07, 6.45) is -0.763. The van der Waals surface area contributed by atoms with Gasteiger partial charge in [-0.15, -0.1) is 0 Å². The highest BCUT2D eigenvalue weighted by Crippen LogP contribution is 2.33. The monoisotopic (exact) mass is 324 g/mol. The van der Waals surface area contributed by atoms with E-state index in [1.165, 1.54) is 6.07 Å². The van der Waals surface area contributed by atoms with Crippen molar-refractivity contribution in [3.05, 3.63) is 53.6 Å². The van der Waals surface area contributed by atoms with Gasteiger partial charge in [-0.2, -0.15) is 13.2 Å². The van der Waals surface area contributed by atoms with Crippen molar-refractivity contribution in [2.75, 3.05) is 19.6 Å². The van der Waals surface area contributed by atoms with E-state index in [0.29, 0.717) is 18.7 Å². The van der Waals surface area contributed by atoms with Gasteiger partial charge in [-0.1, -0.05) is 18.2 Å². The van der Waals surface area contributed by atoms with Crippen LogP contribution in [0.5, 0.6) is 0 Å². The fraction of sp³-hybridized carbons (Fsp3) is 0.438. The third kappa shape index (κ3) is 3.40. The van der Waals surface area contributed by atoms with Crippen LogP contribution in [0.25, 0.3) is 0 Å². The summed E-state index contributed by atoms with van der Waals surface area (Å²) in [5.74, 6) is 0.863. The minimum absolute atomic E-state index is 0.0370. The predicted molar refractivity (Wildman–Crippen MR) is 80.7 cm³/mol. The summed E-state index contributed by atoms with van der Waals surface area (Å²) in [7, 11) is 1.90. The normalized spacial score (nSPS) is 19.9. The Morgan fingerprint density at radius 1 is 1.30 bits per heavy atom. The average Bonchev–Trinajstić information content (AvgIpc) is 2.93. The Bertz CT molecular complexity index is 665. The quantitative estimate of drug-likeness (QED) is 0.942. The number of hydrogen-bond donors (Lipinski definition) is 1. The predicted octanol–water partition coefficient (Wildman–Crippen LogP) is 2.59. The number of imidazole rings is 1. The van der Waals surface area contributed by atoms with Crippen LogP contribution < -0.4 is 5.32 Å². The van der Waals surface area contributed by atoms with E-state index >= 15 is 0 Å². The van der Waals surface area contributed by atoms with Crippen LogP contribution in [-0.4, -0.2) is 34.1 Å². The van der Waals surface area contributed by atoms with E-state index in [-0.39, 0.29) is 12.6 Å². The number of aromatic nitrogens is 2. The SMILES string of the molecule is Cn1ccnc1C1CNCCN1Cc1ccccc1C(F)(F)F. The van der Waals surface area contributed by atoms with Gasteiger partial charge >= 0.3 is 6.18 Å². The second-order valence-electron chi connectivity index (χ2n) is 5.74. The number of aryl methyl sites for hydroxylation is 1. The number of nitrogens with one attached hydrogen (secondary N) is 1. The Hall–Kier alpha value is -1.86. The zero-order valence-corrected chi connectivity index (χ0v) is 12.8. The molecule has 23 heavy (non-hydrogen) atoms. The summed E-state index contributed by atoms with van der Waals surface area (Å²) in [5, 5.41) is 3.29. The Kier molecular flexibility index (Phi) is 4.41. The molecule has 1 N–H and O–H groups in total. The molecule has 1 aliphatic heterocycles. The maximum atomic E-state index is 13.2. The summed E-state index contributed by atoms with van der Waals surface area (Å²) >= 11 is 0. The van der Waals surface area contributed by atoms with E-state index < -0.39 is 11.7 Å². The number of rotatable bonds is 3. The summed E-state index contributed by atoms with van der Waals surface area (Å²) in [4.78, 5) is 6.42. The standard InChI is InChI=1S/C16H19F3N4/c1-22-8-7-21-15(22)14-10-20-6-9-23(14)11-12-4-2-3-5-13(12)16(17,18)19/h2-5,7-8,14,20H,6,9-11H2,1H3. The van der Waals surface area contributed by atoms with Crippen LogP contribution >= 0.6 is 0 Å². The maximum Gasteiger partial charge on any atom is 0.416 e. The number of alkyl halides is 3. The lowest BCUT2D eigenvalue weighted by Crippen LogP contribution is -2.46. The number of piperazine rings is 1. The first-order valence-electron chi connectivity index (χ1n) is 7.54. The first kappa shape index (κ1) is 16.0. The van der Waals surface area contributed by atoms with E-state index in [4.69, 9.17) is 0 Å². The van der Waals surface area contributed by atoms with Crippen molar-refractivity contribution in [1.29, 1.82) is 0 Å². The third-order valence-electron chi connectivity index (χ3n) is 4.21. The highest BCUT2D eigenvalue weighted by atomic mass is 19.4. The molecule has 124 valence electrons. The van der Waals surface area contributed by atoms with E-state index in [9.17, 15) is 13.2 Å². The lowest BCUT2D eigenvalue weighted by atomic mass is 10.0. The van der Waals surface area contributed by atoms with E-state index in [2.05, 4.69) is 15.2 Å². The largest absolute Gasteiger partial charge is 0.416 e. The van der Waals surface area contributed by atoms with Crippen molar-refractivity contribution in [3.63, 3.8) is 0 Å². The summed E-state index contributed by atoms with van der Waals surface area (Å²) < 4.78 is 41.5. The molecule has 0 amide bonds. The van der Waals surface area contributed by atoms with Gasteiger partial charge < -0.3 is 9.88 Å². The van der Waals surface area contributed by atoms with Gasteiger partial charge in [0.25, 0.3) is 0 Å². The first-order valence-corrected chi connectivity index (χ1v) is 7.54. The molecule has 4 nitrogen and oxygen atoms in total. The maximum absolute atomic E-state index is 13.2. The second-order valence-corrected chi connectivity index (χ2v) is 5.74. The minimum Gasteiger partial charge on any atom is -0.337 e. The second kappa shape index (κ2) is 6.33. The molecule has 1 fully saturated rings. The molecule has 1 aromatic heterocycles. The van der Waals surface area contributed by atoms with E-state index in [0.717, 1.165) is 18.4 Å². The lowest BCUT2D eigenvalue weighted by Gasteiger charge is -2.36. The molecule has 0 saturated carbocycles. The molecule has 0 radical (unpaired) electrons. The molecule has 2 aromatic rings. The van der Waals surface area contributed by atoms with Gasteiger partial charge in [0.15, 0.2) is 0 Å². The molecule has 1 atom stereocenters. The molecule has 0 bridgehead atoms. The zero-order chi connectivity index (χ0) is 16.4. The van der Waals surface area contributed by atoms with Crippen molar-refractivity contribution in [3.8, 4) is 0 Å². The van der Waals surface area contributed by atoms with Crippen LogP contribution in [0.2, 0.25) is 0 Å². The summed E-state index contributed by atoms with van der Waals surface area (Å²) in [6, 6.07) is 5.75. The number of hydrogen-bond acceptors (Lipinski definition) is 3. The molecule has 2 heterocycles. The van der Waals surface area contributed by atoms with Crippen molar-refractivity contribution in [2.45, 2.75) is 18.8 Å². The van der Waals surface area contributed by atoms with Crippen molar-refractivity contribution < 1.29 is 13.2 Å². The molecule has 1 saturated heterocycles. The Morgan fingerprint density at radius 3 is 2.78 bits per heavy atom. The van der Waals surface area contributed by atoms with Gasteiger partial charge in [0.05, 0.1) is 11.6 Å². The summed E-state index contributed by atoms with van der Waals surface area (Å²) in [6.45, 7) is 2.38. The lowest BCUT2D eigenvalue weighted by molar-refractivity contribution is -0.138. The molecule has 1 aliphatic rings. The summed E-state index contributed by atoms with van der Waals surface area (Å²) in [5.41, 5.74) is -0.252. The fourth-order valence-electron chi connectivity index (χ4n) is 3.04. The van der Waals surface area contributed by atoms with E-state index in [1.54, 1.807) is 18.3 Å². The van der Waals surface area contributed by atoms with Crippen LogP contribution in [0.3, 0.4) is 0 Å². The van der Waals surface area contributed by atoms with Crippen molar-refractivity contribution in [2.24, 2.45) is 7.05 Å². The molecule has 0 spiro atoms. The van der Waals surface area contributed by atoms with Gasteiger partial charge in [0.1, 0.15) is 5.82 Å². The molecular weight excluding hydrogens is 305 g/mol. The molecule has 3 rings (SSSR count). The van der Waals surface area contributed by atoms with Gasteiger partial charge in [-0.25, -0.2) is 4.98 Å². The Morgan fingerprint density at radius 2 is 2.09 bits per heavy atom. The number of nitrogens with zero attached hydrogens (tertiary/aromatic N) is 3. The Balaban J connectivity index is 1.88. The first-order chi connectivity index (χ1) is 11.0. The van der Waals surface area contributed by atoms with Crippen molar-refractivity contribution in [1.82, 2.24) is 19.8 Å². The van der Waals surface area contributed by atoms with Crippen LogP contribution in [0.15, 0.2) is 36.7 Å². The fourth-order valence-corrected chi connectivity index (χ4v) is 3.04. The van der Waals surface area contributed by atoms with Crippen LogP contribution in [0.4, 0.5) is 13.2 Å². The number of halogens is 3. The van der Waals surface area contributed by atoms with Crippen LogP contribution in [-0.2, 0) is 19.8 Å². The number of benzene rings is 1. The molecule has 1 aromatic carbocycles. The van der Waals surface area contributed by atoms with Crippen LogP contribution in [0, 0.1) is 0 Å². The van der Waals surface area contributed by atoms with Crippen LogP contribution in [0.1, 0.15) is 23.0 Å². The zero-order valence-electron chi connectivity index (χ0n) is 12.8. The van der Waals surface area contributed by atoms with E-state index in [1.807, 2.05) is 17.8 Å². The minimum atomic E-state index is -4.33. The van der Waals surface area contributed by atoms with Crippen molar-refractivity contribution >= 4 is 0 Å². The van der Waals surface area contributed by atoms with Gasteiger partial charge in [-0.05, 0) is 11.6 Å². The molecule has 1 unspecified atom stereocenters. The van der Waals surface area contributed by atoms with Gasteiger partial charge in [0.2, 0.25) is 0 Å². The molecule has 7 heteroatoms. The highest BCUT2D eigenvalue weighted by molar-refractivity contribution is 5.29. The average molecular weight is 324 g/mol.